The molecule has 0 saturated heterocycles. The minimum Gasteiger partial charge on any atom is -0.496 e. The molecule has 0 unspecified atom stereocenters. The topological polar surface area (TPSA) is 139 Å². The minimum atomic E-state index is -0.599. The average molecular weight is 478 g/mol. The number of benzene rings is 2. The van der Waals surface area contributed by atoms with Crippen molar-refractivity contribution in [2.45, 2.75) is 38.8 Å². The van der Waals surface area contributed by atoms with E-state index in [0.717, 1.165) is 5.56 Å². The van der Waals surface area contributed by atoms with Crippen LogP contribution in [0.25, 0.3) is 11.3 Å². The number of oxazole rings is 1. The van der Waals surface area contributed by atoms with Crippen LogP contribution in [0.15, 0.2) is 59.5 Å². The summed E-state index contributed by atoms with van der Waals surface area (Å²) in [5, 5.41) is 17.1. The van der Waals surface area contributed by atoms with E-state index in [1.807, 2.05) is 19.1 Å². The van der Waals surface area contributed by atoms with E-state index in [1.54, 1.807) is 49.5 Å². The van der Waals surface area contributed by atoms with E-state index in [2.05, 4.69) is 20.9 Å². The number of carbonyl (C=O) groups is 2. The van der Waals surface area contributed by atoms with Gasteiger partial charge in [-0.15, -0.1) is 0 Å². The number of hydrogen-bond donors (Lipinski definition) is 3. The van der Waals surface area contributed by atoms with Gasteiger partial charge in [-0.1, -0.05) is 19.1 Å². The Morgan fingerprint density at radius 2 is 1.94 bits per heavy atom. The van der Waals surface area contributed by atoms with Crippen molar-refractivity contribution < 1.29 is 23.5 Å². The third-order valence-corrected chi connectivity index (χ3v) is 5.18. The fraction of sp³-hybridized carbons (Fsp3) is 0.280. The molecule has 35 heavy (non-hydrogen) atoms. The zero-order valence-corrected chi connectivity index (χ0v) is 19.7. The summed E-state index contributed by atoms with van der Waals surface area (Å²) in [6.45, 7) is 3.65. The lowest BCUT2D eigenvalue weighted by Crippen LogP contribution is -2.31. The summed E-state index contributed by atoms with van der Waals surface area (Å²) in [5.41, 5.74) is 2.55. The molecule has 0 saturated carbocycles. The lowest BCUT2D eigenvalue weighted by atomic mass is 10.1. The number of hydrogen-bond acceptors (Lipinski definition) is 7. The monoisotopic (exact) mass is 477 g/mol. The van der Waals surface area contributed by atoms with Crippen molar-refractivity contribution in [1.82, 2.24) is 10.3 Å². The van der Waals surface area contributed by atoms with E-state index < -0.39 is 18.2 Å². The van der Waals surface area contributed by atoms with Crippen molar-refractivity contribution in [3.05, 3.63) is 60.6 Å². The predicted molar refractivity (Wildman–Crippen MR) is 130 cm³/mol. The molecule has 0 aliphatic heterocycles. The number of anilines is 2. The zero-order valence-electron chi connectivity index (χ0n) is 19.7. The molecular formula is C25H27N5O5. The number of nitriles is 1. The first kappa shape index (κ1) is 25.1. The molecule has 0 radical (unpaired) electrons. The van der Waals surface area contributed by atoms with Crippen LogP contribution in [0, 0.1) is 11.3 Å². The molecule has 3 N–H and O–H groups in total. The second-order valence-corrected chi connectivity index (χ2v) is 7.65. The molecule has 0 aliphatic rings. The van der Waals surface area contributed by atoms with E-state index in [4.69, 9.17) is 19.2 Å². The van der Waals surface area contributed by atoms with Crippen LogP contribution in [0.2, 0.25) is 0 Å². The highest BCUT2D eigenvalue weighted by Crippen LogP contribution is 2.32. The SMILES string of the molecule is CC[C@@H](CC#N)OC(=O)N[C@H](C)c1cccc(NC(=O)Nc2ccc(-c3cnco3)c(OC)c2)c1. The molecule has 3 aromatic rings. The highest BCUT2D eigenvalue weighted by atomic mass is 16.6. The van der Waals surface area contributed by atoms with Crippen molar-refractivity contribution >= 4 is 23.5 Å². The lowest BCUT2D eigenvalue weighted by Gasteiger charge is -2.18. The number of methoxy groups -OCH3 is 1. The van der Waals surface area contributed by atoms with Crippen molar-refractivity contribution in [2.24, 2.45) is 0 Å². The minimum absolute atomic E-state index is 0.140. The largest absolute Gasteiger partial charge is 0.496 e. The Bertz CT molecular complexity index is 1190. The Morgan fingerprint density at radius 1 is 1.17 bits per heavy atom. The average Bonchev–Trinajstić information content (AvgIpc) is 3.38. The molecule has 0 aliphatic carbocycles. The standard InChI is InChI=1S/C25H27N5O5/c1-4-20(10-11-26)35-25(32)28-16(2)17-6-5-7-18(12-17)29-24(31)30-19-8-9-21(22(13-19)33-3)23-14-27-15-34-23/h5-9,12-16,20H,4,10H2,1-3H3,(H,28,32)(H2,29,30,31)/t16-,20+/m1/s1. The third-order valence-electron chi connectivity index (χ3n) is 5.18. The summed E-state index contributed by atoms with van der Waals surface area (Å²) < 4.78 is 16.0. The van der Waals surface area contributed by atoms with Gasteiger partial charge in [-0.3, -0.25) is 0 Å². The van der Waals surface area contributed by atoms with Crippen LogP contribution in [0.4, 0.5) is 21.0 Å². The molecule has 0 fully saturated rings. The third kappa shape index (κ3) is 6.98. The van der Waals surface area contributed by atoms with Crippen molar-refractivity contribution in [3.8, 4) is 23.1 Å². The van der Waals surface area contributed by atoms with Gasteiger partial charge in [0, 0.05) is 17.4 Å². The van der Waals surface area contributed by atoms with Gasteiger partial charge in [0.15, 0.2) is 12.2 Å². The molecular weight excluding hydrogens is 450 g/mol. The van der Waals surface area contributed by atoms with Crippen LogP contribution in [0.5, 0.6) is 5.75 Å². The van der Waals surface area contributed by atoms with Gasteiger partial charge in [-0.05, 0) is 43.2 Å². The molecule has 3 amide bonds. The second-order valence-electron chi connectivity index (χ2n) is 7.65. The van der Waals surface area contributed by atoms with Crippen molar-refractivity contribution in [3.63, 3.8) is 0 Å². The first-order valence-corrected chi connectivity index (χ1v) is 11.0. The number of rotatable bonds is 9. The smallest absolute Gasteiger partial charge is 0.407 e. The molecule has 10 nitrogen and oxygen atoms in total. The Balaban J connectivity index is 1.60. The normalized spacial score (nSPS) is 12.1. The molecule has 2 atom stereocenters. The first-order valence-electron chi connectivity index (χ1n) is 11.0. The maximum absolute atomic E-state index is 12.6. The summed E-state index contributed by atoms with van der Waals surface area (Å²) >= 11 is 0. The van der Waals surface area contributed by atoms with Gasteiger partial charge in [0.25, 0.3) is 0 Å². The van der Waals surface area contributed by atoms with E-state index in [1.165, 1.54) is 13.5 Å². The fourth-order valence-corrected chi connectivity index (χ4v) is 3.32. The van der Waals surface area contributed by atoms with Crippen LogP contribution < -0.4 is 20.7 Å². The predicted octanol–water partition coefficient (Wildman–Crippen LogP) is 5.47. The van der Waals surface area contributed by atoms with E-state index in [-0.39, 0.29) is 12.5 Å². The molecule has 182 valence electrons. The zero-order chi connectivity index (χ0) is 25.2. The van der Waals surface area contributed by atoms with Gasteiger partial charge in [0.1, 0.15) is 11.9 Å². The van der Waals surface area contributed by atoms with E-state index in [0.29, 0.717) is 34.9 Å². The Kier molecular flexibility index (Phi) is 8.67. The van der Waals surface area contributed by atoms with Crippen LogP contribution in [0.3, 0.4) is 0 Å². The number of amides is 3. The van der Waals surface area contributed by atoms with Gasteiger partial charge in [0.05, 0.1) is 37.4 Å². The number of nitrogens with zero attached hydrogens (tertiary/aromatic N) is 2. The van der Waals surface area contributed by atoms with Gasteiger partial charge >= 0.3 is 12.1 Å². The Labute approximate surface area is 203 Å². The second kappa shape index (κ2) is 12.1. The van der Waals surface area contributed by atoms with Gasteiger partial charge in [0.2, 0.25) is 0 Å². The summed E-state index contributed by atoms with van der Waals surface area (Å²) in [6, 6.07) is 13.4. The van der Waals surface area contributed by atoms with Gasteiger partial charge in [-0.25, -0.2) is 14.6 Å². The lowest BCUT2D eigenvalue weighted by molar-refractivity contribution is 0.0950. The summed E-state index contributed by atoms with van der Waals surface area (Å²) in [6.07, 6.45) is 2.55. The molecule has 0 spiro atoms. The number of carbonyl (C=O) groups excluding carboxylic acids is 2. The quantitative estimate of drug-likeness (QED) is 0.371. The molecule has 1 aromatic heterocycles. The van der Waals surface area contributed by atoms with E-state index in [9.17, 15) is 9.59 Å². The Hall–Kier alpha value is -4.52. The number of aromatic nitrogens is 1. The van der Waals surface area contributed by atoms with E-state index >= 15 is 0 Å². The highest BCUT2D eigenvalue weighted by Gasteiger charge is 2.16. The van der Waals surface area contributed by atoms with Crippen LogP contribution in [-0.2, 0) is 4.74 Å². The molecule has 2 aromatic carbocycles. The number of nitrogens with one attached hydrogen (secondary N) is 3. The fourth-order valence-electron chi connectivity index (χ4n) is 3.32. The Morgan fingerprint density at radius 3 is 2.60 bits per heavy atom. The maximum atomic E-state index is 12.6. The maximum Gasteiger partial charge on any atom is 0.407 e. The van der Waals surface area contributed by atoms with Crippen molar-refractivity contribution in [2.75, 3.05) is 17.7 Å². The van der Waals surface area contributed by atoms with Crippen LogP contribution >= 0.6 is 0 Å². The summed E-state index contributed by atoms with van der Waals surface area (Å²) in [4.78, 5) is 28.6. The first-order chi connectivity index (χ1) is 16.9. The van der Waals surface area contributed by atoms with Gasteiger partial charge < -0.3 is 29.8 Å². The summed E-state index contributed by atoms with van der Waals surface area (Å²) in [5.74, 6) is 1.07. The van der Waals surface area contributed by atoms with Crippen LogP contribution in [-0.4, -0.2) is 30.3 Å². The van der Waals surface area contributed by atoms with Crippen molar-refractivity contribution in [1.29, 1.82) is 5.26 Å². The van der Waals surface area contributed by atoms with Gasteiger partial charge in [-0.2, -0.15) is 5.26 Å². The molecule has 1 heterocycles. The molecule has 10 heteroatoms. The number of ether oxygens (including phenoxy) is 2. The number of urea groups is 1. The molecule has 3 rings (SSSR count). The number of alkyl carbamates (subject to hydrolysis) is 1. The van der Waals surface area contributed by atoms with Crippen LogP contribution in [0.1, 0.15) is 38.3 Å². The molecule has 0 bridgehead atoms. The highest BCUT2D eigenvalue weighted by molar-refractivity contribution is 6.00. The summed E-state index contributed by atoms with van der Waals surface area (Å²) in [7, 11) is 1.53.